The third kappa shape index (κ3) is 3.82. The summed E-state index contributed by atoms with van der Waals surface area (Å²) in [5.74, 6) is 2.30. The van der Waals surface area contributed by atoms with E-state index in [1.54, 1.807) is 27.4 Å². The molecule has 3 rings (SSSR count). The standard InChI is InChI=1S/C20H25NO4/c1-23-18-9-14(6-7-17(18)22)5-4-8-21-12-15-10-19(24-2)20(25-3)11-16(15)13-21/h6-7,9-11,22H,4-5,8,12-13H2,1-3H3. The molecule has 25 heavy (non-hydrogen) atoms. The summed E-state index contributed by atoms with van der Waals surface area (Å²) in [7, 11) is 4.91. The van der Waals surface area contributed by atoms with Crippen LogP contribution in [0.1, 0.15) is 23.1 Å². The highest BCUT2D eigenvalue weighted by Gasteiger charge is 2.21. The van der Waals surface area contributed by atoms with Crippen LogP contribution < -0.4 is 14.2 Å². The van der Waals surface area contributed by atoms with Crippen molar-refractivity contribution in [2.24, 2.45) is 0 Å². The van der Waals surface area contributed by atoms with Gasteiger partial charge in [0.05, 0.1) is 21.3 Å². The molecular weight excluding hydrogens is 318 g/mol. The maximum Gasteiger partial charge on any atom is 0.161 e. The number of hydrogen-bond acceptors (Lipinski definition) is 5. The highest BCUT2D eigenvalue weighted by molar-refractivity contribution is 5.48. The van der Waals surface area contributed by atoms with Gasteiger partial charge in [-0.3, -0.25) is 4.90 Å². The minimum atomic E-state index is 0.184. The molecule has 2 aromatic carbocycles. The second-order valence-electron chi connectivity index (χ2n) is 6.30. The predicted octanol–water partition coefficient (Wildman–Crippen LogP) is 3.37. The van der Waals surface area contributed by atoms with Crippen molar-refractivity contribution < 1.29 is 19.3 Å². The van der Waals surface area contributed by atoms with Crippen LogP contribution >= 0.6 is 0 Å². The highest BCUT2D eigenvalue weighted by Crippen LogP contribution is 2.35. The molecule has 5 nitrogen and oxygen atoms in total. The van der Waals surface area contributed by atoms with Gasteiger partial charge < -0.3 is 19.3 Å². The molecule has 0 aromatic heterocycles. The monoisotopic (exact) mass is 343 g/mol. The summed E-state index contributed by atoms with van der Waals surface area (Å²) >= 11 is 0. The van der Waals surface area contributed by atoms with E-state index in [-0.39, 0.29) is 5.75 Å². The molecule has 0 fully saturated rings. The van der Waals surface area contributed by atoms with E-state index in [9.17, 15) is 5.11 Å². The van der Waals surface area contributed by atoms with Crippen molar-refractivity contribution in [1.82, 2.24) is 4.90 Å². The molecular formula is C20H25NO4. The van der Waals surface area contributed by atoms with Gasteiger partial charge in [-0.15, -0.1) is 0 Å². The zero-order valence-corrected chi connectivity index (χ0v) is 15.0. The van der Waals surface area contributed by atoms with Gasteiger partial charge in [-0.2, -0.15) is 0 Å². The van der Waals surface area contributed by atoms with Gasteiger partial charge >= 0.3 is 0 Å². The summed E-state index contributed by atoms with van der Waals surface area (Å²) in [5.41, 5.74) is 3.79. The molecule has 134 valence electrons. The van der Waals surface area contributed by atoms with E-state index in [0.717, 1.165) is 44.0 Å². The second kappa shape index (κ2) is 7.66. The summed E-state index contributed by atoms with van der Waals surface area (Å²) in [6.45, 7) is 2.89. The smallest absolute Gasteiger partial charge is 0.161 e. The molecule has 0 saturated carbocycles. The van der Waals surface area contributed by atoms with Crippen LogP contribution in [0.4, 0.5) is 0 Å². The summed E-state index contributed by atoms with van der Waals surface area (Å²) in [4.78, 5) is 2.43. The lowest BCUT2D eigenvalue weighted by atomic mass is 10.1. The first-order chi connectivity index (χ1) is 12.1. The third-order valence-electron chi connectivity index (χ3n) is 4.68. The number of fused-ring (bicyclic) bond motifs is 1. The largest absolute Gasteiger partial charge is 0.504 e. The van der Waals surface area contributed by atoms with Crippen LogP contribution in [0, 0.1) is 0 Å². The Kier molecular flexibility index (Phi) is 5.34. The minimum Gasteiger partial charge on any atom is -0.504 e. The summed E-state index contributed by atoms with van der Waals surface area (Å²) < 4.78 is 15.9. The van der Waals surface area contributed by atoms with Crippen molar-refractivity contribution in [3.05, 3.63) is 47.0 Å². The first-order valence-corrected chi connectivity index (χ1v) is 8.46. The molecule has 5 heteroatoms. The molecule has 1 aliphatic heterocycles. The number of hydrogen-bond donors (Lipinski definition) is 1. The van der Waals surface area contributed by atoms with Gasteiger partial charge in [-0.05, 0) is 60.3 Å². The van der Waals surface area contributed by atoms with Gasteiger partial charge in [0.25, 0.3) is 0 Å². The van der Waals surface area contributed by atoms with Crippen LogP contribution in [0.5, 0.6) is 23.0 Å². The van der Waals surface area contributed by atoms with Crippen LogP contribution in [-0.2, 0) is 19.5 Å². The summed E-state index contributed by atoms with van der Waals surface area (Å²) in [5, 5.41) is 9.66. The zero-order chi connectivity index (χ0) is 17.8. The number of phenols is 1. The summed E-state index contributed by atoms with van der Waals surface area (Å²) in [6, 6.07) is 9.71. The molecule has 0 bridgehead atoms. The number of benzene rings is 2. The van der Waals surface area contributed by atoms with Crippen molar-refractivity contribution in [1.29, 1.82) is 0 Å². The maximum atomic E-state index is 9.66. The number of methoxy groups -OCH3 is 3. The predicted molar refractivity (Wildman–Crippen MR) is 96.6 cm³/mol. The lowest BCUT2D eigenvalue weighted by Crippen LogP contribution is -2.18. The Morgan fingerprint density at radius 3 is 2.04 bits per heavy atom. The van der Waals surface area contributed by atoms with Crippen LogP contribution in [0.25, 0.3) is 0 Å². The average molecular weight is 343 g/mol. The maximum absolute atomic E-state index is 9.66. The first-order valence-electron chi connectivity index (χ1n) is 8.46. The lowest BCUT2D eigenvalue weighted by Gasteiger charge is -2.14. The van der Waals surface area contributed by atoms with Gasteiger partial charge in [-0.25, -0.2) is 0 Å². The van der Waals surface area contributed by atoms with E-state index in [2.05, 4.69) is 17.0 Å². The number of nitrogens with zero attached hydrogens (tertiary/aromatic N) is 1. The normalized spacial score (nSPS) is 13.6. The molecule has 0 spiro atoms. The number of phenolic OH excluding ortho intramolecular Hbond substituents is 1. The van der Waals surface area contributed by atoms with Crippen LogP contribution in [-0.4, -0.2) is 37.9 Å². The molecule has 0 amide bonds. The summed E-state index contributed by atoms with van der Waals surface area (Å²) in [6.07, 6.45) is 2.01. The Hall–Kier alpha value is -2.40. The van der Waals surface area contributed by atoms with Gasteiger partial charge in [0.1, 0.15) is 0 Å². The molecule has 0 radical (unpaired) electrons. The number of ether oxygens (including phenoxy) is 3. The molecule has 0 saturated heterocycles. The fourth-order valence-electron chi connectivity index (χ4n) is 3.34. The van der Waals surface area contributed by atoms with E-state index in [0.29, 0.717) is 5.75 Å². The van der Waals surface area contributed by atoms with Gasteiger partial charge in [0.2, 0.25) is 0 Å². The average Bonchev–Trinajstić information content (AvgIpc) is 3.03. The Morgan fingerprint density at radius 1 is 0.880 bits per heavy atom. The fourth-order valence-corrected chi connectivity index (χ4v) is 3.34. The van der Waals surface area contributed by atoms with E-state index >= 15 is 0 Å². The molecule has 2 aromatic rings. The Labute approximate surface area is 148 Å². The first kappa shape index (κ1) is 17.4. The van der Waals surface area contributed by atoms with Gasteiger partial charge in [0, 0.05) is 13.1 Å². The minimum absolute atomic E-state index is 0.184. The van der Waals surface area contributed by atoms with E-state index in [1.807, 2.05) is 12.1 Å². The van der Waals surface area contributed by atoms with E-state index in [1.165, 1.54) is 16.7 Å². The molecule has 0 unspecified atom stereocenters. The Morgan fingerprint density at radius 2 is 1.48 bits per heavy atom. The van der Waals surface area contributed by atoms with Crippen LogP contribution in [0.2, 0.25) is 0 Å². The Balaban J connectivity index is 1.57. The molecule has 1 heterocycles. The third-order valence-corrected chi connectivity index (χ3v) is 4.68. The van der Waals surface area contributed by atoms with Crippen molar-refractivity contribution in [2.75, 3.05) is 27.9 Å². The highest BCUT2D eigenvalue weighted by atomic mass is 16.5. The SMILES string of the molecule is COc1cc(CCCN2Cc3cc(OC)c(OC)cc3C2)ccc1O. The van der Waals surface area contributed by atoms with Crippen molar-refractivity contribution in [2.45, 2.75) is 25.9 Å². The van der Waals surface area contributed by atoms with Crippen molar-refractivity contribution in [3.63, 3.8) is 0 Å². The zero-order valence-electron chi connectivity index (χ0n) is 15.0. The van der Waals surface area contributed by atoms with Crippen LogP contribution in [0.3, 0.4) is 0 Å². The quantitative estimate of drug-likeness (QED) is 0.835. The number of aromatic hydroxyl groups is 1. The van der Waals surface area contributed by atoms with Crippen molar-refractivity contribution in [3.8, 4) is 23.0 Å². The van der Waals surface area contributed by atoms with Crippen molar-refractivity contribution >= 4 is 0 Å². The Bertz CT molecular complexity index is 712. The lowest BCUT2D eigenvalue weighted by molar-refractivity contribution is 0.280. The molecule has 1 N–H and O–H groups in total. The fraction of sp³-hybridized carbons (Fsp3) is 0.400. The van der Waals surface area contributed by atoms with E-state index in [4.69, 9.17) is 14.2 Å². The second-order valence-corrected chi connectivity index (χ2v) is 6.30. The molecule has 1 aliphatic rings. The molecule has 0 aliphatic carbocycles. The molecule has 0 atom stereocenters. The number of rotatable bonds is 7. The van der Waals surface area contributed by atoms with Gasteiger partial charge in [0.15, 0.2) is 23.0 Å². The van der Waals surface area contributed by atoms with Crippen LogP contribution in [0.15, 0.2) is 30.3 Å². The number of aryl methyl sites for hydroxylation is 1. The van der Waals surface area contributed by atoms with Gasteiger partial charge in [-0.1, -0.05) is 6.07 Å². The van der Waals surface area contributed by atoms with E-state index < -0.39 is 0 Å². The topological polar surface area (TPSA) is 51.2 Å².